The average molecular weight is 302 g/mol. The molecule has 0 bridgehead atoms. The van der Waals surface area contributed by atoms with Gasteiger partial charge in [0.1, 0.15) is 0 Å². The van der Waals surface area contributed by atoms with Gasteiger partial charge >= 0.3 is 6.18 Å². The molecule has 0 amide bonds. The second-order valence-electron chi connectivity index (χ2n) is 5.66. The number of benzene rings is 1. The van der Waals surface area contributed by atoms with Crippen molar-refractivity contribution in [1.82, 2.24) is 5.32 Å². The monoisotopic (exact) mass is 302 g/mol. The molecule has 0 saturated carbocycles. The molecule has 1 aromatic carbocycles. The average Bonchev–Trinajstić information content (AvgIpc) is 2.41. The Kier molecular flexibility index (Phi) is 6.52. The van der Waals surface area contributed by atoms with Crippen molar-refractivity contribution in [3.63, 3.8) is 0 Å². The highest BCUT2D eigenvalue weighted by Crippen LogP contribution is 2.37. The van der Waals surface area contributed by atoms with Crippen LogP contribution in [-0.4, -0.2) is 19.6 Å². The number of hydrogen-bond acceptors (Lipinski definition) is 2. The van der Waals surface area contributed by atoms with Crippen LogP contribution in [0.5, 0.6) is 0 Å². The maximum Gasteiger partial charge on any atom is 0.418 e. The Bertz CT molecular complexity index is 442. The number of nitrogens with one attached hydrogen (secondary N) is 1. The van der Waals surface area contributed by atoms with Gasteiger partial charge in [0, 0.05) is 31.9 Å². The van der Waals surface area contributed by atoms with Gasteiger partial charge in [-0.25, -0.2) is 0 Å². The summed E-state index contributed by atoms with van der Waals surface area (Å²) in [7, 11) is 1.71. The first-order chi connectivity index (χ1) is 9.75. The first-order valence-electron chi connectivity index (χ1n) is 7.40. The standard InChI is InChI=1S/C16H25F3N2/c1-5-6-9-21(4)15-8-7-13(11-20-12(2)3)10-14(15)16(17,18)19/h7-8,10,12,20H,5-6,9,11H2,1-4H3. The van der Waals surface area contributed by atoms with Crippen molar-refractivity contribution in [3.8, 4) is 0 Å². The molecule has 0 heterocycles. The lowest BCUT2D eigenvalue weighted by Crippen LogP contribution is -2.24. The Labute approximate surface area is 125 Å². The second-order valence-corrected chi connectivity index (χ2v) is 5.66. The van der Waals surface area contributed by atoms with Gasteiger partial charge in [-0.15, -0.1) is 0 Å². The Hall–Kier alpha value is -1.23. The first kappa shape index (κ1) is 17.8. The maximum atomic E-state index is 13.3. The van der Waals surface area contributed by atoms with E-state index in [-0.39, 0.29) is 11.7 Å². The molecule has 0 aliphatic carbocycles. The predicted octanol–water partition coefficient (Wildman–Crippen LogP) is 4.44. The topological polar surface area (TPSA) is 15.3 Å². The molecule has 0 spiro atoms. The second kappa shape index (κ2) is 7.69. The van der Waals surface area contributed by atoms with Crippen LogP contribution in [0.15, 0.2) is 18.2 Å². The zero-order valence-corrected chi connectivity index (χ0v) is 13.2. The largest absolute Gasteiger partial charge is 0.418 e. The van der Waals surface area contributed by atoms with E-state index in [0.717, 1.165) is 12.8 Å². The molecule has 0 radical (unpaired) electrons. The van der Waals surface area contributed by atoms with Crippen LogP contribution in [0.3, 0.4) is 0 Å². The molecule has 120 valence electrons. The fraction of sp³-hybridized carbons (Fsp3) is 0.625. The van der Waals surface area contributed by atoms with Gasteiger partial charge in [0.15, 0.2) is 0 Å². The summed E-state index contributed by atoms with van der Waals surface area (Å²) in [4.78, 5) is 1.69. The summed E-state index contributed by atoms with van der Waals surface area (Å²) in [5, 5.41) is 3.14. The number of alkyl halides is 3. The van der Waals surface area contributed by atoms with E-state index in [1.165, 1.54) is 6.07 Å². The molecular formula is C16H25F3N2. The zero-order valence-electron chi connectivity index (χ0n) is 13.2. The van der Waals surface area contributed by atoms with Gasteiger partial charge in [-0.3, -0.25) is 0 Å². The van der Waals surface area contributed by atoms with Crippen LogP contribution >= 0.6 is 0 Å². The lowest BCUT2D eigenvalue weighted by Gasteiger charge is -2.24. The van der Waals surface area contributed by atoms with Gasteiger partial charge in [-0.2, -0.15) is 13.2 Å². The van der Waals surface area contributed by atoms with Gasteiger partial charge in [0.2, 0.25) is 0 Å². The summed E-state index contributed by atoms with van der Waals surface area (Å²) < 4.78 is 39.8. The van der Waals surface area contributed by atoms with Gasteiger partial charge in [-0.05, 0) is 24.1 Å². The minimum absolute atomic E-state index is 0.242. The lowest BCUT2D eigenvalue weighted by atomic mass is 10.1. The van der Waals surface area contributed by atoms with Crippen molar-refractivity contribution in [2.45, 2.75) is 52.4 Å². The van der Waals surface area contributed by atoms with Crippen LogP contribution in [0, 0.1) is 0 Å². The van der Waals surface area contributed by atoms with E-state index in [2.05, 4.69) is 5.32 Å². The van der Waals surface area contributed by atoms with Gasteiger partial charge in [-0.1, -0.05) is 33.3 Å². The number of unbranched alkanes of at least 4 members (excludes halogenated alkanes) is 1. The van der Waals surface area contributed by atoms with E-state index < -0.39 is 11.7 Å². The highest BCUT2D eigenvalue weighted by molar-refractivity contribution is 5.56. The summed E-state index contributed by atoms with van der Waals surface area (Å²) in [6.45, 7) is 7.04. The van der Waals surface area contributed by atoms with Crippen molar-refractivity contribution in [1.29, 1.82) is 0 Å². The molecule has 5 heteroatoms. The summed E-state index contributed by atoms with van der Waals surface area (Å²) in [5.41, 5.74) is 0.358. The number of nitrogens with zero attached hydrogens (tertiary/aromatic N) is 1. The van der Waals surface area contributed by atoms with Crippen LogP contribution in [0.25, 0.3) is 0 Å². The van der Waals surface area contributed by atoms with E-state index in [1.807, 2.05) is 20.8 Å². The van der Waals surface area contributed by atoms with E-state index >= 15 is 0 Å². The number of halogens is 3. The van der Waals surface area contributed by atoms with E-state index in [4.69, 9.17) is 0 Å². The van der Waals surface area contributed by atoms with Crippen LogP contribution in [-0.2, 0) is 12.7 Å². The SMILES string of the molecule is CCCCN(C)c1ccc(CNC(C)C)cc1C(F)(F)F. The molecule has 1 N–H and O–H groups in total. The van der Waals surface area contributed by atoms with Crippen molar-refractivity contribution < 1.29 is 13.2 Å². The zero-order chi connectivity index (χ0) is 16.0. The summed E-state index contributed by atoms with van der Waals surface area (Å²) in [6.07, 6.45) is -2.49. The number of anilines is 1. The normalized spacial score (nSPS) is 12.0. The first-order valence-corrected chi connectivity index (χ1v) is 7.40. The van der Waals surface area contributed by atoms with Crippen molar-refractivity contribution in [2.75, 3.05) is 18.5 Å². The summed E-state index contributed by atoms with van der Waals surface area (Å²) in [5.74, 6) is 0. The van der Waals surface area contributed by atoms with Crippen molar-refractivity contribution in [2.24, 2.45) is 0 Å². The molecule has 0 aliphatic rings. The molecule has 2 nitrogen and oxygen atoms in total. The fourth-order valence-electron chi connectivity index (χ4n) is 2.09. The molecule has 0 atom stereocenters. The van der Waals surface area contributed by atoms with Gasteiger partial charge in [0.05, 0.1) is 5.56 Å². The van der Waals surface area contributed by atoms with Gasteiger partial charge in [0.25, 0.3) is 0 Å². The minimum atomic E-state index is -4.33. The Balaban J connectivity index is 3.02. The van der Waals surface area contributed by atoms with E-state index in [1.54, 1.807) is 24.1 Å². The van der Waals surface area contributed by atoms with Crippen LogP contribution in [0.4, 0.5) is 18.9 Å². The highest BCUT2D eigenvalue weighted by Gasteiger charge is 2.34. The van der Waals surface area contributed by atoms with E-state index in [9.17, 15) is 13.2 Å². The highest BCUT2D eigenvalue weighted by atomic mass is 19.4. The van der Waals surface area contributed by atoms with Crippen LogP contribution in [0.2, 0.25) is 0 Å². The molecule has 1 rings (SSSR count). The molecule has 0 aliphatic heterocycles. The Morgan fingerprint density at radius 3 is 2.43 bits per heavy atom. The summed E-state index contributed by atoms with van der Waals surface area (Å²) in [6, 6.07) is 4.84. The van der Waals surface area contributed by atoms with Gasteiger partial charge < -0.3 is 10.2 Å². The quantitative estimate of drug-likeness (QED) is 0.801. The minimum Gasteiger partial charge on any atom is -0.374 e. The lowest BCUT2D eigenvalue weighted by molar-refractivity contribution is -0.137. The van der Waals surface area contributed by atoms with Crippen LogP contribution < -0.4 is 10.2 Å². The van der Waals surface area contributed by atoms with Crippen molar-refractivity contribution >= 4 is 5.69 Å². The smallest absolute Gasteiger partial charge is 0.374 e. The molecule has 0 fully saturated rings. The third kappa shape index (κ3) is 5.58. The number of hydrogen-bond donors (Lipinski definition) is 1. The summed E-state index contributed by atoms with van der Waals surface area (Å²) >= 11 is 0. The van der Waals surface area contributed by atoms with Crippen LogP contribution in [0.1, 0.15) is 44.7 Å². The van der Waals surface area contributed by atoms with E-state index in [0.29, 0.717) is 18.7 Å². The maximum absolute atomic E-state index is 13.3. The van der Waals surface area contributed by atoms with Crippen molar-refractivity contribution in [3.05, 3.63) is 29.3 Å². The fourth-order valence-corrected chi connectivity index (χ4v) is 2.09. The predicted molar refractivity (Wildman–Crippen MR) is 81.6 cm³/mol. The Morgan fingerprint density at radius 1 is 1.24 bits per heavy atom. The molecule has 1 aromatic rings. The number of rotatable bonds is 7. The molecule has 0 saturated heterocycles. The Morgan fingerprint density at radius 2 is 1.90 bits per heavy atom. The molecule has 0 unspecified atom stereocenters. The molecule has 21 heavy (non-hydrogen) atoms. The molecular weight excluding hydrogens is 277 g/mol. The third-order valence-corrected chi connectivity index (χ3v) is 3.34. The molecule has 0 aromatic heterocycles. The third-order valence-electron chi connectivity index (χ3n) is 3.34.